The number of aliphatic carboxylic acids is 1. The average Bonchev–Trinajstić information content (AvgIpc) is 1.21. The van der Waals surface area contributed by atoms with Gasteiger partial charge in [-0.2, -0.15) is 0 Å². The monoisotopic (exact) mass is 1400 g/mol. The summed E-state index contributed by atoms with van der Waals surface area (Å²) >= 11 is 0. The van der Waals surface area contributed by atoms with Gasteiger partial charge in [0.25, 0.3) is 6.29 Å². The average molecular weight is 1400 g/mol. The van der Waals surface area contributed by atoms with Gasteiger partial charge in [-0.05, 0) is 135 Å². The van der Waals surface area contributed by atoms with Gasteiger partial charge in [0.2, 0.25) is 0 Å². The second kappa shape index (κ2) is 80.1. The molecule has 0 saturated heterocycles. The molecule has 2 unspecified atom stereocenters. The summed E-state index contributed by atoms with van der Waals surface area (Å²) in [6.07, 6.45) is 119. The number of ether oxygens (including phenoxy) is 4. The topological polar surface area (TPSA) is 108 Å². The quantitative estimate of drug-likeness (QED) is 0.0211. The van der Waals surface area contributed by atoms with Crippen molar-refractivity contribution in [3.8, 4) is 0 Å². The fraction of sp³-hybridized carbons (Fsp3) is 0.641. The number of carbonyl (C=O) groups is 3. The van der Waals surface area contributed by atoms with Gasteiger partial charge < -0.3 is 28.5 Å². The van der Waals surface area contributed by atoms with Gasteiger partial charge in [0, 0.05) is 12.8 Å². The lowest BCUT2D eigenvalue weighted by Crippen LogP contribution is -2.40. The van der Waals surface area contributed by atoms with Gasteiger partial charge in [-0.3, -0.25) is 9.59 Å². The van der Waals surface area contributed by atoms with Crippen LogP contribution in [0.3, 0.4) is 0 Å². The van der Waals surface area contributed by atoms with Gasteiger partial charge in [-0.15, -0.1) is 0 Å². The molecule has 0 aliphatic heterocycles. The Hall–Kier alpha value is -5.61. The van der Waals surface area contributed by atoms with E-state index in [0.717, 1.165) is 141 Å². The normalized spacial score (nSPS) is 13.6. The summed E-state index contributed by atoms with van der Waals surface area (Å²) in [5, 5.41) is 9.78. The maximum atomic E-state index is 13.0. The van der Waals surface area contributed by atoms with E-state index >= 15 is 0 Å². The highest BCUT2D eigenvalue weighted by Gasteiger charge is 2.25. The van der Waals surface area contributed by atoms with Crippen LogP contribution < -0.4 is 0 Å². The number of hydrogen-bond acceptors (Lipinski definition) is 7. The number of rotatable bonds is 74. The van der Waals surface area contributed by atoms with Gasteiger partial charge in [-0.1, -0.05) is 357 Å². The third-order valence-corrected chi connectivity index (χ3v) is 17.2. The first-order valence-corrected chi connectivity index (χ1v) is 40.9. The van der Waals surface area contributed by atoms with E-state index in [1.165, 1.54) is 148 Å². The van der Waals surface area contributed by atoms with Crippen LogP contribution in [0.5, 0.6) is 0 Å². The Morgan fingerprint density at radius 1 is 0.297 bits per heavy atom. The van der Waals surface area contributed by atoms with Crippen molar-refractivity contribution in [3.63, 3.8) is 0 Å². The van der Waals surface area contributed by atoms with E-state index in [9.17, 15) is 19.5 Å². The number of nitrogens with zero attached hydrogens (tertiary/aromatic N) is 1. The molecule has 0 heterocycles. The molecule has 0 aliphatic rings. The molecule has 0 fully saturated rings. The zero-order valence-corrected chi connectivity index (χ0v) is 65.5. The van der Waals surface area contributed by atoms with Crippen molar-refractivity contribution in [2.75, 3.05) is 47.5 Å². The molecule has 9 nitrogen and oxygen atoms in total. The van der Waals surface area contributed by atoms with Gasteiger partial charge in [-0.25, -0.2) is 4.79 Å². The summed E-state index contributed by atoms with van der Waals surface area (Å²) in [4.78, 5) is 37.8. The molecular weight excluding hydrogens is 1250 g/mol. The van der Waals surface area contributed by atoms with E-state index in [0.29, 0.717) is 23.9 Å². The second-order valence-corrected chi connectivity index (χ2v) is 28.0. The molecule has 1 N–H and O–H groups in total. The highest BCUT2D eigenvalue weighted by molar-refractivity contribution is 5.71. The molecule has 0 aromatic rings. The van der Waals surface area contributed by atoms with Crippen LogP contribution >= 0.6 is 0 Å². The molecule has 0 saturated carbocycles. The fourth-order valence-corrected chi connectivity index (χ4v) is 11.0. The summed E-state index contributed by atoms with van der Waals surface area (Å²) in [6, 6.07) is 0. The highest BCUT2D eigenvalue weighted by Crippen LogP contribution is 2.18. The van der Waals surface area contributed by atoms with Crippen molar-refractivity contribution >= 4 is 17.9 Å². The van der Waals surface area contributed by atoms with Crippen molar-refractivity contribution in [3.05, 3.63) is 182 Å². The standard InChI is InChI=1S/C92H151NO8/c1-6-8-10-12-14-16-18-20-22-24-26-28-30-32-34-36-38-40-42-44-45-47-49-51-53-55-57-59-61-63-65-67-69-71-73-75-77-79-81-83-90(95)101-88(87-100-92(91(96)97)98-85-84-93(3,4)5)86-99-89(94)82-80-78-76-74-72-70-68-66-64-62-60-58-56-54-52-50-48-46-43-41-39-37-35-33-31-29-27-25-23-21-19-17-15-13-11-9-7-2/h8-11,14-17,20-23,26-29,32-35,38-41,44-45,49,51,55,57,88,92H,6-7,12-13,18-19,24-25,30-31,36-37,42-43,46-48,50,52-54,56,58-87H2,1-5H3/p+1/b10-8-,11-9-,16-14-,17-15-,22-20-,23-21-,28-26-,29-27-,34-32-,35-33-,40-38-,41-39-,45-44-,51-49-,57-55-. The SMILES string of the molecule is CC/C=C\C/C=C\C/C=C\C/C=C\C/C=C\C/C=C\C/C=C\C/C=C\C/C=C\CCCCCCCCCCCCCC(=O)OC(COC(=O)CCCCCCCCCCCCCCCCCCCC/C=C\C/C=C\C/C=C\C/C=C\C/C=C\C/C=C\CC)COC(OCC[N+](C)(C)C)C(=O)O. The van der Waals surface area contributed by atoms with Crippen molar-refractivity contribution < 1.29 is 42.9 Å². The fourth-order valence-electron chi connectivity index (χ4n) is 11.0. The number of hydrogen-bond donors (Lipinski definition) is 1. The number of likely N-dealkylation sites (N-methyl/N-ethyl adjacent to an activating group) is 1. The van der Waals surface area contributed by atoms with Crippen molar-refractivity contribution in [2.45, 2.75) is 334 Å². The smallest absolute Gasteiger partial charge is 0.361 e. The predicted molar refractivity (Wildman–Crippen MR) is 437 cm³/mol. The van der Waals surface area contributed by atoms with Gasteiger partial charge in [0.1, 0.15) is 13.2 Å². The first-order chi connectivity index (χ1) is 49.6. The number of carboxylic acid groups (broad SMARTS) is 1. The molecule has 101 heavy (non-hydrogen) atoms. The summed E-state index contributed by atoms with van der Waals surface area (Å²) < 4.78 is 23.0. The lowest BCUT2D eigenvalue weighted by Gasteiger charge is -2.25. The van der Waals surface area contributed by atoms with Crippen LogP contribution in [-0.4, -0.2) is 87.4 Å². The Balaban J connectivity index is 4.07. The minimum Gasteiger partial charge on any atom is -0.477 e. The number of allylic oxidation sites excluding steroid dienone is 30. The number of carboxylic acids is 1. The summed E-state index contributed by atoms with van der Waals surface area (Å²) in [7, 11) is 5.98. The third-order valence-electron chi connectivity index (χ3n) is 17.2. The Morgan fingerprint density at radius 2 is 0.535 bits per heavy atom. The molecule has 572 valence electrons. The molecule has 0 aromatic carbocycles. The molecule has 0 amide bonds. The van der Waals surface area contributed by atoms with Gasteiger partial charge >= 0.3 is 17.9 Å². The molecule has 0 bridgehead atoms. The predicted octanol–water partition coefficient (Wildman–Crippen LogP) is 26.7. The van der Waals surface area contributed by atoms with Crippen LogP contribution in [0.25, 0.3) is 0 Å². The number of esters is 2. The largest absolute Gasteiger partial charge is 0.477 e. The number of carbonyl (C=O) groups excluding carboxylic acids is 2. The van der Waals surface area contributed by atoms with Gasteiger partial charge in [0.05, 0.1) is 34.4 Å². The van der Waals surface area contributed by atoms with E-state index in [-0.39, 0.29) is 32.2 Å². The molecule has 0 spiro atoms. The number of unbranched alkanes of at least 4 members (excludes halogenated alkanes) is 29. The maximum Gasteiger partial charge on any atom is 0.361 e. The highest BCUT2D eigenvalue weighted by atomic mass is 16.7. The van der Waals surface area contributed by atoms with E-state index in [4.69, 9.17) is 18.9 Å². The van der Waals surface area contributed by atoms with Crippen LogP contribution in [0, 0.1) is 0 Å². The maximum absolute atomic E-state index is 13.0. The van der Waals surface area contributed by atoms with Crippen molar-refractivity contribution in [1.29, 1.82) is 0 Å². The molecule has 0 aliphatic carbocycles. The Labute approximate surface area is 621 Å². The summed E-state index contributed by atoms with van der Waals surface area (Å²) in [6.45, 7) is 4.66. The van der Waals surface area contributed by atoms with Crippen LogP contribution in [0.1, 0.15) is 322 Å². The van der Waals surface area contributed by atoms with Crippen LogP contribution in [-0.2, 0) is 33.3 Å². The first-order valence-electron chi connectivity index (χ1n) is 40.9. The summed E-state index contributed by atoms with van der Waals surface area (Å²) in [5.74, 6) is -2.01. The molecule has 0 radical (unpaired) electrons. The van der Waals surface area contributed by atoms with Crippen LogP contribution in [0.15, 0.2) is 182 Å². The van der Waals surface area contributed by atoms with Gasteiger partial charge in [0.15, 0.2) is 6.10 Å². The van der Waals surface area contributed by atoms with Crippen LogP contribution in [0.2, 0.25) is 0 Å². The zero-order valence-electron chi connectivity index (χ0n) is 65.5. The lowest BCUT2D eigenvalue weighted by atomic mass is 10.0. The van der Waals surface area contributed by atoms with E-state index in [2.05, 4.69) is 196 Å². The molecular formula is C92H152NO8+. The van der Waals surface area contributed by atoms with E-state index < -0.39 is 24.3 Å². The third kappa shape index (κ3) is 81.6. The molecule has 2 atom stereocenters. The minimum atomic E-state index is -1.52. The van der Waals surface area contributed by atoms with Crippen LogP contribution in [0.4, 0.5) is 0 Å². The van der Waals surface area contributed by atoms with Crippen molar-refractivity contribution in [1.82, 2.24) is 0 Å². The molecule has 0 rings (SSSR count). The Morgan fingerprint density at radius 3 is 0.792 bits per heavy atom. The van der Waals surface area contributed by atoms with E-state index in [1.54, 1.807) is 0 Å². The lowest BCUT2D eigenvalue weighted by molar-refractivity contribution is -0.870. The van der Waals surface area contributed by atoms with E-state index in [1.807, 2.05) is 21.1 Å². The minimum absolute atomic E-state index is 0.181. The number of quaternary nitrogens is 1. The zero-order chi connectivity index (χ0) is 73.2. The Bertz CT molecular complexity index is 2330. The molecule has 9 heteroatoms. The summed E-state index contributed by atoms with van der Waals surface area (Å²) in [5.41, 5.74) is 0. The Kier molecular flexibility index (Phi) is 75.6. The first kappa shape index (κ1) is 95.4. The second-order valence-electron chi connectivity index (χ2n) is 28.0. The van der Waals surface area contributed by atoms with Crippen molar-refractivity contribution in [2.24, 2.45) is 0 Å². The molecule has 0 aromatic heterocycles.